The molecule has 0 saturated carbocycles. The molecule has 4 nitrogen and oxygen atoms in total. The Labute approximate surface area is 94.4 Å². The number of benzene rings is 1. The highest BCUT2D eigenvalue weighted by Crippen LogP contribution is 2.08. The number of rotatable bonds is 3. The zero-order valence-electron chi connectivity index (χ0n) is 9.02. The van der Waals surface area contributed by atoms with E-state index in [1.165, 1.54) is 0 Å². The summed E-state index contributed by atoms with van der Waals surface area (Å²) < 4.78 is 5.26. The topological polar surface area (TPSA) is 52.6 Å². The van der Waals surface area contributed by atoms with Crippen molar-refractivity contribution in [3.05, 3.63) is 35.4 Å². The molecule has 0 spiro atoms. The molecule has 86 valence electrons. The van der Waals surface area contributed by atoms with Gasteiger partial charge in [-0.15, -0.1) is 0 Å². The van der Waals surface area contributed by atoms with Gasteiger partial charge in [-0.1, -0.05) is 24.3 Å². The van der Waals surface area contributed by atoms with E-state index in [0.29, 0.717) is 0 Å². The van der Waals surface area contributed by atoms with Crippen LogP contribution in [0.3, 0.4) is 0 Å². The summed E-state index contributed by atoms with van der Waals surface area (Å²) in [6, 6.07) is 6.84. The van der Waals surface area contributed by atoms with Crippen LogP contribution in [-0.4, -0.2) is 37.2 Å². The highest BCUT2D eigenvalue weighted by Gasteiger charge is 2.10. The molecule has 0 atom stereocenters. The molecule has 0 aliphatic carbocycles. The van der Waals surface area contributed by atoms with Crippen LogP contribution in [0.2, 0.25) is 0 Å². The number of hydrogen-bond donors (Lipinski definition) is 0. The van der Waals surface area contributed by atoms with E-state index < -0.39 is 5.97 Å². The number of carbonyl (C=O) groups is 1. The maximum atomic E-state index is 10.6. The SMILES string of the molecule is O=C([O-])c1ccc(CN2CCOCC2)cc1. The quantitative estimate of drug-likeness (QED) is 0.712. The molecule has 0 radical (unpaired) electrons. The number of carboxylic acids is 1. The molecule has 1 saturated heterocycles. The fourth-order valence-electron chi connectivity index (χ4n) is 1.76. The van der Waals surface area contributed by atoms with Gasteiger partial charge in [0.2, 0.25) is 0 Å². The lowest BCUT2D eigenvalue weighted by Crippen LogP contribution is -2.35. The van der Waals surface area contributed by atoms with Crippen LogP contribution in [-0.2, 0) is 11.3 Å². The predicted molar refractivity (Wildman–Crippen MR) is 56.9 cm³/mol. The molecule has 1 aromatic rings. The van der Waals surface area contributed by atoms with Crippen molar-refractivity contribution in [3.8, 4) is 0 Å². The van der Waals surface area contributed by atoms with Gasteiger partial charge in [0, 0.05) is 19.6 Å². The molecule has 2 rings (SSSR count). The summed E-state index contributed by atoms with van der Waals surface area (Å²) in [7, 11) is 0. The van der Waals surface area contributed by atoms with E-state index in [2.05, 4.69) is 4.90 Å². The first kappa shape index (κ1) is 11.1. The molecular formula is C12H14NO3-. The van der Waals surface area contributed by atoms with E-state index in [4.69, 9.17) is 4.74 Å². The molecule has 0 N–H and O–H groups in total. The number of hydrogen-bond acceptors (Lipinski definition) is 4. The van der Waals surface area contributed by atoms with Gasteiger partial charge < -0.3 is 14.6 Å². The van der Waals surface area contributed by atoms with Crippen LogP contribution in [0.15, 0.2) is 24.3 Å². The van der Waals surface area contributed by atoms with Crippen molar-refractivity contribution in [1.29, 1.82) is 0 Å². The lowest BCUT2D eigenvalue weighted by molar-refractivity contribution is -0.255. The van der Waals surface area contributed by atoms with Crippen LogP contribution in [0.4, 0.5) is 0 Å². The summed E-state index contributed by atoms with van der Waals surface area (Å²) in [6.45, 7) is 4.26. The first-order chi connectivity index (χ1) is 7.75. The summed E-state index contributed by atoms with van der Waals surface area (Å²) in [5.41, 5.74) is 1.35. The minimum Gasteiger partial charge on any atom is -0.545 e. The summed E-state index contributed by atoms with van der Waals surface area (Å²) in [4.78, 5) is 12.9. The largest absolute Gasteiger partial charge is 0.545 e. The Morgan fingerprint density at radius 1 is 1.25 bits per heavy atom. The van der Waals surface area contributed by atoms with Crippen LogP contribution < -0.4 is 5.11 Å². The van der Waals surface area contributed by atoms with E-state index >= 15 is 0 Å². The van der Waals surface area contributed by atoms with Crippen LogP contribution in [0.25, 0.3) is 0 Å². The number of nitrogens with zero attached hydrogens (tertiary/aromatic N) is 1. The average Bonchev–Trinajstić information content (AvgIpc) is 2.31. The van der Waals surface area contributed by atoms with E-state index in [1.54, 1.807) is 12.1 Å². The number of ether oxygens (including phenoxy) is 1. The second kappa shape index (κ2) is 5.09. The van der Waals surface area contributed by atoms with Crippen molar-refractivity contribution in [2.24, 2.45) is 0 Å². The van der Waals surface area contributed by atoms with E-state index in [9.17, 15) is 9.90 Å². The molecule has 4 heteroatoms. The first-order valence-corrected chi connectivity index (χ1v) is 5.36. The fraction of sp³-hybridized carbons (Fsp3) is 0.417. The van der Waals surface area contributed by atoms with Crippen LogP contribution in [0, 0.1) is 0 Å². The van der Waals surface area contributed by atoms with Crippen molar-refractivity contribution in [1.82, 2.24) is 4.90 Å². The van der Waals surface area contributed by atoms with Crippen molar-refractivity contribution in [2.75, 3.05) is 26.3 Å². The molecular weight excluding hydrogens is 206 g/mol. The lowest BCUT2D eigenvalue weighted by Gasteiger charge is -2.26. The zero-order chi connectivity index (χ0) is 11.4. The van der Waals surface area contributed by atoms with Crippen LogP contribution >= 0.6 is 0 Å². The van der Waals surface area contributed by atoms with Gasteiger partial charge in [0.05, 0.1) is 19.2 Å². The van der Waals surface area contributed by atoms with E-state index in [1.807, 2.05) is 12.1 Å². The molecule has 1 fully saturated rings. The average molecular weight is 220 g/mol. The summed E-state index contributed by atoms with van der Waals surface area (Å²) in [6.07, 6.45) is 0. The predicted octanol–water partition coefficient (Wildman–Crippen LogP) is -0.118. The Balaban J connectivity index is 1.96. The standard InChI is InChI=1S/C12H15NO3/c14-12(15)11-3-1-10(2-4-11)9-13-5-7-16-8-6-13/h1-4H,5-9H2,(H,14,15)/p-1. The molecule has 1 aliphatic rings. The van der Waals surface area contributed by atoms with Gasteiger partial charge in [0.25, 0.3) is 0 Å². The van der Waals surface area contributed by atoms with Gasteiger partial charge >= 0.3 is 0 Å². The maximum absolute atomic E-state index is 10.6. The Hall–Kier alpha value is -1.39. The smallest absolute Gasteiger partial charge is 0.0715 e. The van der Waals surface area contributed by atoms with Gasteiger partial charge in [-0.05, 0) is 11.1 Å². The number of aromatic carboxylic acids is 1. The van der Waals surface area contributed by atoms with Crippen LogP contribution in [0.5, 0.6) is 0 Å². The maximum Gasteiger partial charge on any atom is 0.0715 e. The van der Waals surface area contributed by atoms with Crippen molar-refractivity contribution in [2.45, 2.75) is 6.54 Å². The van der Waals surface area contributed by atoms with Crippen molar-refractivity contribution >= 4 is 5.97 Å². The van der Waals surface area contributed by atoms with Crippen molar-refractivity contribution < 1.29 is 14.6 Å². The Morgan fingerprint density at radius 2 is 1.88 bits per heavy atom. The van der Waals surface area contributed by atoms with Crippen molar-refractivity contribution in [3.63, 3.8) is 0 Å². The first-order valence-electron chi connectivity index (χ1n) is 5.36. The molecule has 0 amide bonds. The zero-order valence-corrected chi connectivity index (χ0v) is 9.02. The molecule has 0 aromatic heterocycles. The highest BCUT2D eigenvalue weighted by molar-refractivity contribution is 5.85. The molecule has 16 heavy (non-hydrogen) atoms. The normalized spacial score (nSPS) is 17.2. The minimum absolute atomic E-state index is 0.228. The summed E-state index contributed by atoms with van der Waals surface area (Å²) >= 11 is 0. The second-order valence-corrected chi connectivity index (χ2v) is 3.87. The summed E-state index contributed by atoms with van der Waals surface area (Å²) in [5.74, 6) is -1.13. The Morgan fingerprint density at radius 3 is 2.44 bits per heavy atom. The van der Waals surface area contributed by atoms with Gasteiger partial charge in [0.1, 0.15) is 0 Å². The highest BCUT2D eigenvalue weighted by atomic mass is 16.5. The monoisotopic (exact) mass is 220 g/mol. The third-order valence-electron chi connectivity index (χ3n) is 2.70. The fourth-order valence-corrected chi connectivity index (χ4v) is 1.76. The van der Waals surface area contributed by atoms with Crippen LogP contribution in [0.1, 0.15) is 15.9 Å². The van der Waals surface area contributed by atoms with Gasteiger partial charge in [-0.25, -0.2) is 0 Å². The molecule has 0 unspecified atom stereocenters. The third kappa shape index (κ3) is 2.81. The Bertz CT molecular complexity index is 355. The number of morpholine rings is 1. The molecule has 0 bridgehead atoms. The van der Waals surface area contributed by atoms with Gasteiger partial charge in [-0.3, -0.25) is 4.90 Å². The second-order valence-electron chi connectivity index (χ2n) is 3.87. The molecule has 1 aromatic carbocycles. The Kier molecular flexibility index (Phi) is 3.54. The summed E-state index contributed by atoms with van der Waals surface area (Å²) in [5, 5.41) is 10.6. The third-order valence-corrected chi connectivity index (χ3v) is 2.70. The molecule has 1 heterocycles. The van der Waals surface area contributed by atoms with Gasteiger partial charge in [0.15, 0.2) is 0 Å². The van der Waals surface area contributed by atoms with E-state index in [-0.39, 0.29) is 5.56 Å². The minimum atomic E-state index is -1.13. The number of carbonyl (C=O) groups excluding carboxylic acids is 1. The van der Waals surface area contributed by atoms with E-state index in [0.717, 1.165) is 38.4 Å². The lowest BCUT2D eigenvalue weighted by atomic mass is 10.1. The van der Waals surface area contributed by atoms with Gasteiger partial charge in [-0.2, -0.15) is 0 Å². The number of carboxylic acid groups (broad SMARTS) is 1. The molecule has 1 aliphatic heterocycles.